The Morgan fingerprint density at radius 1 is 0.972 bits per heavy atom. The van der Waals surface area contributed by atoms with E-state index in [2.05, 4.69) is 5.32 Å². The number of amides is 3. The lowest BCUT2D eigenvalue weighted by molar-refractivity contribution is -0.123. The van der Waals surface area contributed by atoms with Crippen LogP contribution >= 0.6 is 11.8 Å². The molecule has 0 saturated carbocycles. The minimum Gasteiger partial charge on any atom is -0.493 e. The Morgan fingerprint density at radius 3 is 2.47 bits per heavy atom. The van der Waals surface area contributed by atoms with Crippen molar-refractivity contribution in [2.45, 2.75) is 20.4 Å². The molecule has 1 fully saturated rings. The van der Waals surface area contributed by atoms with Crippen LogP contribution in [0.4, 0.5) is 10.5 Å². The van der Waals surface area contributed by atoms with E-state index in [4.69, 9.17) is 9.47 Å². The number of ether oxygens (including phenoxy) is 2. The van der Waals surface area contributed by atoms with Gasteiger partial charge in [-0.15, -0.1) is 0 Å². The molecule has 0 radical (unpaired) electrons. The predicted octanol–water partition coefficient (Wildman–Crippen LogP) is 5.57. The van der Waals surface area contributed by atoms with Gasteiger partial charge < -0.3 is 14.8 Å². The Balaban J connectivity index is 1.41. The van der Waals surface area contributed by atoms with Crippen LogP contribution < -0.4 is 14.8 Å². The topological polar surface area (TPSA) is 84.9 Å². The van der Waals surface area contributed by atoms with Crippen molar-refractivity contribution >= 4 is 40.6 Å². The van der Waals surface area contributed by atoms with E-state index in [0.29, 0.717) is 27.7 Å². The number of carbonyl (C=O) groups excluding carboxylic acids is 3. The van der Waals surface area contributed by atoms with E-state index in [9.17, 15) is 14.4 Å². The van der Waals surface area contributed by atoms with E-state index in [-0.39, 0.29) is 30.2 Å². The average molecular weight is 503 g/mol. The third-order valence-electron chi connectivity index (χ3n) is 5.69. The largest absolute Gasteiger partial charge is 0.493 e. The summed E-state index contributed by atoms with van der Waals surface area (Å²) in [7, 11) is 1.49. The van der Waals surface area contributed by atoms with Crippen LogP contribution in [-0.2, 0) is 16.1 Å². The van der Waals surface area contributed by atoms with Gasteiger partial charge in [-0.05, 0) is 78.2 Å². The molecule has 0 aromatic heterocycles. The average Bonchev–Trinajstić information content (AvgIpc) is 3.13. The standard InChI is InChI=1S/C28H26N2O5S/c1-18-9-11-22(13-19(18)2)29-26(31)17-35-23-12-10-21(14-24(23)34-3)15-25-27(32)30(28(33)36-25)16-20-7-5-4-6-8-20/h4-15H,16-17H2,1-3H3,(H,29,31)/b25-15-. The zero-order valence-electron chi connectivity index (χ0n) is 20.2. The first-order chi connectivity index (χ1) is 17.3. The van der Waals surface area contributed by atoms with Gasteiger partial charge in [-0.3, -0.25) is 19.3 Å². The van der Waals surface area contributed by atoms with Crippen LogP contribution in [-0.4, -0.2) is 35.7 Å². The highest BCUT2D eigenvalue weighted by molar-refractivity contribution is 8.18. The van der Waals surface area contributed by atoms with E-state index in [1.54, 1.807) is 24.3 Å². The van der Waals surface area contributed by atoms with Crippen LogP contribution in [0.1, 0.15) is 22.3 Å². The van der Waals surface area contributed by atoms with Crippen LogP contribution in [0.2, 0.25) is 0 Å². The molecule has 1 aliphatic heterocycles. The number of imide groups is 1. The van der Waals surface area contributed by atoms with Crippen molar-refractivity contribution in [3.63, 3.8) is 0 Å². The lowest BCUT2D eigenvalue weighted by Gasteiger charge is -2.13. The molecule has 0 aliphatic carbocycles. The molecule has 0 unspecified atom stereocenters. The lowest BCUT2D eigenvalue weighted by Crippen LogP contribution is -2.27. The molecule has 8 heteroatoms. The molecule has 0 spiro atoms. The van der Waals surface area contributed by atoms with Crippen molar-refractivity contribution in [2.75, 3.05) is 19.0 Å². The highest BCUT2D eigenvalue weighted by Gasteiger charge is 2.35. The summed E-state index contributed by atoms with van der Waals surface area (Å²) in [4.78, 5) is 39.2. The molecule has 0 bridgehead atoms. The summed E-state index contributed by atoms with van der Waals surface area (Å²) < 4.78 is 11.1. The normalized spacial score (nSPS) is 14.3. The fourth-order valence-electron chi connectivity index (χ4n) is 3.61. The van der Waals surface area contributed by atoms with Crippen molar-refractivity contribution in [3.05, 3.63) is 93.9 Å². The molecule has 7 nitrogen and oxygen atoms in total. The Kier molecular flexibility index (Phi) is 7.75. The quantitative estimate of drug-likeness (QED) is 0.406. The SMILES string of the molecule is COc1cc(/C=C2\SC(=O)N(Cc3ccccc3)C2=O)ccc1OCC(=O)Nc1ccc(C)c(C)c1. The summed E-state index contributed by atoms with van der Waals surface area (Å²) in [5, 5.41) is 2.51. The van der Waals surface area contributed by atoms with Crippen LogP contribution in [0.5, 0.6) is 11.5 Å². The minimum atomic E-state index is -0.337. The zero-order chi connectivity index (χ0) is 25.7. The maximum absolute atomic E-state index is 12.8. The van der Waals surface area contributed by atoms with Crippen LogP contribution in [0.15, 0.2) is 71.6 Å². The van der Waals surface area contributed by atoms with Crippen molar-refractivity contribution < 1.29 is 23.9 Å². The fourth-order valence-corrected chi connectivity index (χ4v) is 4.44. The minimum absolute atomic E-state index is 0.193. The van der Waals surface area contributed by atoms with E-state index >= 15 is 0 Å². The van der Waals surface area contributed by atoms with Crippen LogP contribution in [0.3, 0.4) is 0 Å². The molecule has 3 aromatic rings. The van der Waals surface area contributed by atoms with Gasteiger partial charge in [-0.2, -0.15) is 0 Å². The monoisotopic (exact) mass is 502 g/mol. The second-order valence-electron chi connectivity index (χ2n) is 8.30. The number of hydrogen-bond donors (Lipinski definition) is 1. The summed E-state index contributed by atoms with van der Waals surface area (Å²) >= 11 is 0.904. The highest BCUT2D eigenvalue weighted by Crippen LogP contribution is 2.35. The number of methoxy groups -OCH3 is 1. The van der Waals surface area contributed by atoms with Crippen molar-refractivity contribution in [2.24, 2.45) is 0 Å². The molecule has 0 atom stereocenters. The molecule has 36 heavy (non-hydrogen) atoms. The van der Waals surface area contributed by atoms with E-state index in [0.717, 1.165) is 28.5 Å². The Morgan fingerprint density at radius 2 is 1.75 bits per heavy atom. The van der Waals surface area contributed by atoms with Gasteiger partial charge in [0, 0.05) is 5.69 Å². The summed E-state index contributed by atoms with van der Waals surface area (Å²) in [6.07, 6.45) is 1.65. The summed E-state index contributed by atoms with van der Waals surface area (Å²) in [5.41, 5.74) is 4.49. The van der Waals surface area contributed by atoms with Gasteiger partial charge in [0.1, 0.15) is 0 Å². The third-order valence-corrected chi connectivity index (χ3v) is 6.60. The predicted molar refractivity (Wildman–Crippen MR) is 141 cm³/mol. The number of carbonyl (C=O) groups is 3. The fraction of sp³-hybridized carbons (Fsp3) is 0.179. The first-order valence-electron chi connectivity index (χ1n) is 11.3. The molecule has 3 aromatic carbocycles. The highest BCUT2D eigenvalue weighted by atomic mass is 32.2. The Labute approximate surface area is 214 Å². The lowest BCUT2D eigenvalue weighted by atomic mass is 10.1. The molecular weight excluding hydrogens is 476 g/mol. The van der Waals surface area contributed by atoms with Gasteiger partial charge in [-0.25, -0.2) is 0 Å². The van der Waals surface area contributed by atoms with E-state index in [1.807, 2.05) is 62.4 Å². The third kappa shape index (κ3) is 5.95. The second-order valence-corrected chi connectivity index (χ2v) is 9.29. The number of aryl methyl sites for hydroxylation is 2. The Hall–Kier alpha value is -4.04. The number of thioether (sulfide) groups is 1. The van der Waals surface area contributed by atoms with Crippen molar-refractivity contribution in [1.82, 2.24) is 4.90 Å². The summed E-state index contributed by atoms with van der Waals surface area (Å²) in [6.45, 7) is 4.03. The molecule has 1 saturated heterocycles. The molecular formula is C28H26N2O5S. The molecule has 1 aliphatic rings. The number of rotatable bonds is 8. The van der Waals surface area contributed by atoms with Crippen molar-refractivity contribution in [1.29, 1.82) is 0 Å². The van der Waals surface area contributed by atoms with Gasteiger partial charge in [0.2, 0.25) is 0 Å². The number of nitrogens with zero attached hydrogens (tertiary/aromatic N) is 1. The van der Waals surface area contributed by atoms with E-state index < -0.39 is 0 Å². The van der Waals surface area contributed by atoms with Crippen molar-refractivity contribution in [3.8, 4) is 11.5 Å². The zero-order valence-corrected chi connectivity index (χ0v) is 21.1. The molecule has 184 valence electrons. The first-order valence-corrected chi connectivity index (χ1v) is 12.1. The number of hydrogen-bond acceptors (Lipinski definition) is 6. The van der Waals surface area contributed by atoms with Gasteiger partial charge in [-0.1, -0.05) is 42.5 Å². The molecule has 1 N–H and O–H groups in total. The van der Waals surface area contributed by atoms with E-state index in [1.165, 1.54) is 12.0 Å². The number of benzene rings is 3. The smallest absolute Gasteiger partial charge is 0.293 e. The van der Waals surface area contributed by atoms with Gasteiger partial charge in [0.25, 0.3) is 17.1 Å². The number of nitrogens with one attached hydrogen (secondary N) is 1. The molecule has 3 amide bonds. The van der Waals surface area contributed by atoms with Gasteiger partial charge in [0.15, 0.2) is 18.1 Å². The van der Waals surface area contributed by atoms with Gasteiger partial charge >= 0.3 is 0 Å². The Bertz CT molecular complexity index is 1340. The first kappa shape index (κ1) is 25.1. The summed E-state index contributed by atoms with van der Waals surface area (Å²) in [6, 6.07) is 20.2. The summed E-state index contributed by atoms with van der Waals surface area (Å²) in [5.74, 6) is 0.168. The number of anilines is 1. The van der Waals surface area contributed by atoms with Crippen LogP contribution in [0.25, 0.3) is 6.08 Å². The molecule has 4 rings (SSSR count). The van der Waals surface area contributed by atoms with Gasteiger partial charge in [0.05, 0.1) is 18.6 Å². The second kappa shape index (κ2) is 11.1. The molecule has 1 heterocycles. The maximum atomic E-state index is 12.8. The maximum Gasteiger partial charge on any atom is 0.293 e. The van der Waals surface area contributed by atoms with Crippen LogP contribution in [0, 0.1) is 13.8 Å².